The molecule has 0 aliphatic carbocycles. The summed E-state index contributed by atoms with van der Waals surface area (Å²) in [5, 5.41) is 4.06. The molecule has 0 unspecified atom stereocenters. The van der Waals surface area contributed by atoms with E-state index in [0.717, 1.165) is 11.1 Å². The molecular formula is C15H10N6O. The van der Waals surface area contributed by atoms with Gasteiger partial charge >= 0.3 is 6.01 Å². The first-order valence-corrected chi connectivity index (χ1v) is 6.59. The normalized spacial score (nSPS) is 10.7. The van der Waals surface area contributed by atoms with Crippen molar-refractivity contribution in [2.75, 3.05) is 0 Å². The first-order chi connectivity index (χ1) is 10.9. The standard InChI is InChI=1S/C15H10N6O/c1-2-4-13(5-3-1)22-15-17-6-11(7-18-15)12-8-16-14-19-10-20-21(14)9-12/h1-10H. The van der Waals surface area contributed by atoms with Crippen molar-refractivity contribution in [3.8, 4) is 22.9 Å². The van der Waals surface area contributed by atoms with Crippen molar-refractivity contribution in [3.63, 3.8) is 0 Å². The molecule has 0 fully saturated rings. The van der Waals surface area contributed by atoms with E-state index >= 15 is 0 Å². The maximum atomic E-state index is 5.56. The van der Waals surface area contributed by atoms with Gasteiger partial charge in [0.05, 0.1) is 0 Å². The van der Waals surface area contributed by atoms with Crippen LogP contribution in [0.2, 0.25) is 0 Å². The Kier molecular flexibility index (Phi) is 2.93. The Labute approximate surface area is 125 Å². The molecule has 0 amide bonds. The summed E-state index contributed by atoms with van der Waals surface area (Å²) in [5.74, 6) is 1.25. The monoisotopic (exact) mass is 290 g/mol. The third-order valence-electron chi connectivity index (χ3n) is 3.05. The van der Waals surface area contributed by atoms with Crippen LogP contribution in [0.5, 0.6) is 11.8 Å². The molecule has 4 aromatic rings. The van der Waals surface area contributed by atoms with Crippen molar-refractivity contribution in [1.82, 2.24) is 29.5 Å². The predicted molar refractivity (Wildman–Crippen MR) is 78.3 cm³/mol. The summed E-state index contributed by atoms with van der Waals surface area (Å²) in [6.45, 7) is 0. The van der Waals surface area contributed by atoms with E-state index in [-0.39, 0.29) is 0 Å². The topological polar surface area (TPSA) is 78.1 Å². The molecule has 0 spiro atoms. The van der Waals surface area contributed by atoms with Gasteiger partial charge in [-0.2, -0.15) is 10.1 Å². The van der Waals surface area contributed by atoms with Crippen LogP contribution < -0.4 is 4.74 Å². The van der Waals surface area contributed by atoms with Crippen molar-refractivity contribution in [3.05, 3.63) is 61.4 Å². The molecular weight excluding hydrogens is 280 g/mol. The molecule has 0 saturated heterocycles. The lowest BCUT2D eigenvalue weighted by atomic mass is 10.2. The Morgan fingerprint density at radius 3 is 2.41 bits per heavy atom. The highest BCUT2D eigenvalue weighted by Crippen LogP contribution is 2.20. The number of aromatic nitrogens is 6. The van der Waals surface area contributed by atoms with E-state index in [4.69, 9.17) is 4.74 Å². The summed E-state index contributed by atoms with van der Waals surface area (Å²) in [4.78, 5) is 16.6. The first kappa shape index (κ1) is 12.4. The molecule has 0 saturated carbocycles. The Morgan fingerprint density at radius 1 is 0.818 bits per heavy atom. The number of hydrogen-bond acceptors (Lipinski definition) is 6. The van der Waals surface area contributed by atoms with E-state index < -0.39 is 0 Å². The van der Waals surface area contributed by atoms with Crippen LogP contribution in [0.1, 0.15) is 0 Å². The van der Waals surface area contributed by atoms with E-state index in [0.29, 0.717) is 17.5 Å². The minimum absolute atomic E-state index is 0.296. The van der Waals surface area contributed by atoms with Crippen molar-refractivity contribution >= 4 is 5.78 Å². The molecule has 3 heterocycles. The zero-order valence-corrected chi connectivity index (χ0v) is 11.4. The van der Waals surface area contributed by atoms with Gasteiger partial charge in [0.15, 0.2) is 0 Å². The molecule has 0 N–H and O–H groups in total. The molecule has 0 aliphatic heterocycles. The van der Waals surface area contributed by atoms with Crippen molar-refractivity contribution in [2.45, 2.75) is 0 Å². The van der Waals surface area contributed by atoms with Crippen LogP contribution in [0.15, 0.2) is 61.4 Å². The summed E-state index contributed by atoms with van der Waals surface area (Å²) < 4.78 is 7.16. The Morgan fingerprint density at radius 2 is 1.59 bits per heavy atom. The van der Waals surface area contributed by atoms with Gasteiger partial charge in [-0.1, -0.05) is 18.2 Å². The number of ether oxygens (including phenoxy) is 1. The lowest BCUT2D eigenvalue weighted by molar-refractivity contribution is 0.442. The molecule has 0 bridgehead atoms. The van der Waals surface area contributed by atoms with Crippen LogP contribution >= 0.6 is 0 Å². The van der Waals surface area contributed by atoms with Crippen molar-refractivity contribution in [2.24, 2.45) is 0 Å². The van der Waals surface area contributed by atoms with Crippen molar-refractivity contribution < 1.29 is 4.74 Å². The SMILES string of the molecule is c1ccc(Oc2ncc(-c3cnc4ncnn4c3)cn2)cc1. The van der Waals surface area contributed by atoms with Gasteiger partial charge in [0.1, 0.15) is 12.1 Å². The van der Waals surface area contributed by atoms with Gasteiger partial charge in [0, 0.05) is 35.9 Å². The van der Waals surface area contributed by atoms with Crippen LogP contribution in [0.3, 0.4) is 0 Å². The molecule has 7 nitrogen and oxygen atoms in total. The zero-order valence-electron chi connectivity index (χ0n) is 11.4. The third kappa shape index (κ3) is 2.35. The second kappa shape index (κ2) is 5.21. The molecule has 22 heavy (non-hydrogen) atoms. The summed E-state index contributed by atoms with van der Waals surface area (Å²) in [6, 6.07) is 9.69. The number of nitrogens with zero attached hydrogens (tertiary/aromatic N) is 6. The zero-order chi connectivity index (χ0) is 14.8. The largest absolute Gasteiger partial charge is 0.424 e. The van der Waals surface area contributed by atoms with Gasteiger partial charge in [0.2, 0.25) is 0 Å². The smallest absolute Gasteiger partial charge is 0.321 e. The second-order valence-corrected chi connectivity index (χ2v) is 4.52. The molecule has 4 rings (SSSR count). The van der Waals surface area contributed by atoms with Gasteiger partial charge in [-0.3, -0.25) is 0 Å². The molecule has 0 radical (unpaired) electrons. The van der Waals surface area contributed by atoms with Gasteiger partial charge in [-0.25, -0.2) is 19.5 Å². The fourth-order valence-corrected chi connectivity index (χ4v) is 1.98. The maximum absolute atomic E-state index is 5.56. The minimum Gasteiger partial charge on any atom is -0.424 e. The molecule has 0 atom stereocenters. The van der Waals surface area contributed by atoms with E-state index in [1.54, 1.807) is 23.1 Å². The summed E-state index contributed by atoms with van der Waals surface area (Å²) in [7, 11) is 0. The Bertz CT molecular complexity index is 904. The highest BCUT2D eigenvalue weighted by molar-refractivity contribution is 5.60. The maximum Gasteiger partial charge on any atom is 0.321 e. The average molecular weight is 290 g/mol. The fraction of sp³-hybridized carbons (Fsp3) is 0. The molecule has 106 valence electrons. The Hall–Kier alpha value is -3.35. The molecule has 7 heteroatoms. The van der Waals surface area contributed by atoms with E-state index in [9.17, 15) is 0 Å². The quantitative estimate of drug-likeness (QED) is 0.576. The number of benzene rings is 1. The number of hydrogen-bond donors (Lipinski definition) is 0. The summed E-state index contributed by atoms with van der Waals surface area (Å²) in [6.07, 6.45) is 8.36. The van der Waals surface area contributed by atoms with Gasteiger partial charge in [0.25, 0.3) is 5.78 Å². The van der Waals surface area contributed by atoms with Crippen LogP contribution in [0.4, 0.5) is 0 Å². The molecule has 0 aliphatic rings. The third-order valence-corrected chi connectivity index (χ3v) is 3.05. The van der Waals surface area contributed by atoms with Crippen LogP contribution in [0, 0.1) is 0 Å². The minimum atomic E-state index is 0.296. The number of fused-ring (bicyclic) bond motifs is 1. The lowest BCUT2D eigenvalue weighted by Gasteiger charge is -2.04. The highest BCUT2D eigenvalue weighted by atomic mass is 16.5. The first-order valence-electron chi connectivity index (χ1n) is 6.59. The van der Waals surface area contributed by atoms with Crippen LogP contribution in [-0.2, 0) is 0 Å². The lowest BCUT2D eigenvalue weighted by Crippen LogP contribution is -1.94. The van der Waals surface area contributed by atoms with E-state index in [1.807, 2.05) is 36.5 Å². The second-order valence-electron chi connectivity index (χ2n) is 4.52. The van der Waals surface area contributed by atoms with E-state index in [1.165, 1.54) is 6.33 Å². The van der Waals surface area contributed by atoms with E-state index in [2.05, 4.69) is 25.0 Å². The molecule has 1 aromatic carbocycles. The molecule has 3 aromatic heterocycles. The van der Waals surface area contributed by atoms with Crippen LogP contribution in [-0.4, -0.2) is 29.5 Å². The van der Waals surface area contributed by atoms with Gasteiger partial charge in [-0.15, -0.1) is 0 Å². The predicted octanol–water partition coefficient (Wildman–Crippen LogP) is 2.37. The summed E-state index contributed by atoms with van der Waals surface area (Å²) >= 11 is 0. The average Bonchev–Trinajstić information content (AvgIpc) is 3.04. The summed E-state index contributed by atoms with van der Waals surface area (Å²) in [5.41, 5.74) is 1.68. The van der Waals surface area contributed by atoms with Gasteiger partial charge < -0.3 is 4.74 Å². The highest BCUT2D eigenvalue weighted by Gasteiger charge is 2.05. The fourth-order valence-electron chi connectivity index (χ4n) is 1.98. The number of rotatable bonds is 3. The Balaban J connectivity index is 1.61. The van der Waals surface area contributed by atoms with Crippen LogP contribution in [0.25, 0.3) is 16.9 Å². The number of para-hydroxylation sites is 1. The van der Waals surface area contributed by atoms with Gasteiger partial charge in [-0.05, 0) is 12.1 Å². The van der Waals surface area contributed by atoms with Crippen molar-refractivity contribution in [1.29, 1.82) is 0 Å².